The van der Waals surface area contributed by atoms with Crippen molar-refractivity contribution < 1.29 is 19.7 Å². The average molecular weight is 265 g/mol. The van der Waals surface area contributed by atoms with E-state index >= 15 is 0 Å². The van der Waals surface area contributed by atoms with Crippen molar-refractivity contribution in [2.75, 3.05) is 13.1 Å². The van der Waals surface area contributed by atoms with Crippen molar-refractivity contribution in [3.8, 4) is 0 Å². The van der Waals surface area contributed by atoms with Gasteiger partial charge in [0.2, 0.25) is 0 Å². The van der Waals surface area contributed by atoms with Crippen LogP contribution in [0.3, 0.4) is 0 Å². The van der Waals surface area contributed by atoms with Gasteiger partial charge < -0.3 is 20.3 Å². The quantitative estimate of drug-likeness (QED) is 0.682. The fourth-order valence-corrected chi connectivity index (χ4v) is 2.27. The van der Waals surface area contributed by atoms with Crippen molar-refractivity contribution in [2.45, 2.75) is 32.7 Å². The van der Waals surface area contributed by atoms with Gasteiger partial charge in [-0.3, -0.25) is 0 Å². The van der Waals surface area contributed by atoms with Gasteiger partial charge in [-0.15, -0.1) is 0 Å². The second-order valence-electron chi connectivity index (χ2n) is 4.91. The number of carbonyl (C=O) groups excluding carboxylic acids is 1. The van der Waals surface area contributed by atoms with Gasteiger partial charge in [0.05, 0.1) is 17.8 Å². The molecule has 0 saturated carbocycles. The topological polar surface area (TPSA) is 78.8 Å². The monoisotopic (exact) mass is 265 g/mol. The van der Waals surface area contributed by atoms with E-state index in [0.717, 1.165) is 16.7 Å². The summed E-state index contributed by atoms with van der Waals surface area (Å²) in [4.78, 5) is 11.4. The molecule has 0 aliphatic carbocycles. The average Bonchev–Trinajstić information content (AvgIpc) is 2.72. The summed E-state index contributed by atoms with van der Waals surface area (Å²) in [5.74, 6) is -0.300. The normalized spacial score (nSPS) is 16.9. The van der Waals surface area contributed by atoms with Gasteiger partial charge in [-0.05, 0) is 31.0 Å². The van der Waals surface area contributed by atoms with Gasteiger partial charge >= 0.3 is 5.97 Å². The summed E-state index contributed by atoms with van der Waals surface area (Å²) in [6.45, 7) is 4.64. The summed E-state index contributed by atoms with van der Waals surface area (Å²) in [5.41, 5.74) is 3.13. The standard InChI is InChI=1S/C14H19NO4/c1-8(16)5-15-6-13(17)10-3-4-11-12(9(10)2)7-19-14(11)18/h3-4,8,13,15-17H,5-7H2,1-2H3. The Morgan fingerprint density at radius 2 is 2.11 bits per heavy atom. The van der Waals surface area contributed by atoms with Crippen molar-refractivity contribution in [1.29, 1.82) is 0 Å². The lowest BCUT2D eigenvalue weighted by molar-refractivity contribution is 0.0535. The minimum atomic E-state index is -0.667. The van der Waals surface area contributed by atoms with Crippen LogP contribution in [0.15, 0.2) is 12.1 Å². The second-order valence-corrected chi connectivity index (χ2v) is 4.91. The van der Waals surface area contributed by atoms with Crippen LogP contribution in [0.2, 0.25) is 0 Å². The molecule has 1 heterocycles. The molecule has 0 radical (unpaired) electrons. The van der Waals surface area contributed by atoms with E-state index in [9.17, 15) is 9.90 Å². The van der Waals surface area contributed by atoms with Crippen molar-refractivity contribution >= 4 is 5.97 Å². The molecule has 5 heteroatoms. The van der Waals surface area contributed by atoms with Crippen molar-refractivity contribution in [2.24, 2.45) is 0 Å². The summed E-state index contributed by atoms with van der Waals surface area (Å²) < 4.78 is 4.98. The predicted octanol–water partition coefficient (Wildman–Crippen LogP) is 0.669. The van der Waals surface area contributed by atoms with E-state index in [1.807, 2.05) is 6.92 Å². The highest BCUT2D eigenvalue weighted by Gasteiger charge is 2.25. The number of aliphatic hydroxyl groups excluding tert-OH is 2. The molecule has 19 heavy (non-hydrogen) atoms. The molecule has 2 unspecified atom stereocenters. The van der Waals surface area contributed by atoms with Gasteiger partial charge in [0.15, 0.2) is 0 Å². The first kappa shape index (κ1) is 14.0. The number of nitrogens with one attached hydrogen (secondary N) is 1. The molecular weight excluding hydrogens is 246 g/mol. The molecule has 2 atom stereocenters. The fraction of sp³-hybridized carbons (Fsp3) is 0.500. The first-order valence-electron chi connectivity index (χ1n) is 6.37. The van der Waals surface area contributed by atoms with Gasteiger partial charge in [0, 0.05) is 18.7 Å². The number of esters is 1. The van der Waals surface area contributed by atoms with Gasteiger partial charge in [-0.2, -0.15) is 0 Å². The highest BCUT2D eigenvalue weighted by atomic mass is 16.5. The van der Waals surface area contributed by atoms with Crippen LogP contribution in [-0.2, 0) is 11.3 Å². The first-order valence-corrected chi connectivity index (χ1v) is 6.37. The van der Waals surface area contributed by atoms with E-state index in [4.69, 9.17) is 9.84 Å². The van der Waals surface area contributed by atoms with Crippen molar-refractivity contribution in [3.63, 3.8) is 0 Å². The molecule has 5 nitrogen and oxygen atoms in total. The molecule has 0 fully saturated rings. The van der Waals surface area contributed by atoms with Gasteiger partial charge in [-0.25, -0.2) is 4.79 Å². The number of aliphatic hydroxyl groups is 2. The number of carbonyl (C=O) groups is 1. The van der Waals surface area contributed by atoms with Crippen LogP contribution in [0.1, 0.15) is 40.1 Å². The zero-order valence-corrected chi connectivity index (χ0v) is 11.1. The second kappa shape index (κ2) is 5.69. The fourth-order valence-electron chi connectivity index (χ4n) is 2.27. The maximum Gasteiger partial charge on any atom is 0.338 e. The minimum Gasteiger partial charge on any atom is -0.457 e. The lowest BCUT2D eigenvalue weighted by Crippen LogP contribution is -2.29. The van der Waals surface area contributed by atoms with Crippen LogP contribution in [-0.4, -0.2) is 35.4 Å². The Kier molecular flexibility index (Phi) is 4.19. The molecular formula is C14H19NO4. The maximum atomic E-state index is 11.4. The molecule has 1 aliphatic heterocycles. The number of hydrogen-bond donors (Lipinski definition) is 3. The van der Waals surface area contributed by atoms with Crippen molar-refractivity contribution in [3.05, 3.63) is 34.4 Å². The Morgan fingerprint density at radius 3 is 2.79 bits per heavy atom. The van der Waals surface area contributed by atoms with Crippen LogP contribution < -0.4 is 5.32 Å². The highest BCUT2D eigenvalue weighted by Crippen LogP contribution is 2.28. The molecule has 3 N–H and O–H groups in total. The van der Waals surface area contributed by atoms with Gasteiger partial charge in [0.1, 0.15) is 6.61 Å². The number of benzene rings is 1. The molecule has 2 rings (SSSR count). The minimum absolute atomic E-state index is 0.279. The molecule has 1 aromatic rings. The van der Waals surface area contributed by atoms with E-state index in [1.54, 1.807) is 19.1 Å². The van der Waals surface area contributed by atoms with E-state index < -0.39 is 12.2 Å². The SMILES string of the molecule is Cc1c(C(O)CNCC(C)O)ccc2c1COC2=O. The Morgan fingerprint density at radius 1 is 1.37 bits per heavy atom. The zero-order chi connectivity index (χ0) is 14.0. The van der Waals surface area contributed by atoms with Crippen LogP contribution in [0, 0.1) is 6.92 Å². The van der Waals surface area contributed by atoms with Gasteiger partial charge in [0.25, 0.3) is 0 Å². The Balaban J connectivity index is 2.11. The third kappa shape index (κ3) is 2.94. The Labute approximate surface area is 112 Å². The van der Waals surface area contributed by atoms with Gasteiger partial charge in [-0.1, -0.05) is 6.07 Å². The Hall–Kier alpha value is -1.43. The van der Waals surface area contributed by atoms with Crippen LogP contribution >= 0.6 is 0 Å². The third-order valence-electron chi connectivity index (χ3n) is 3.34. The number of ether oxygens (including phenoxy) is 1. The molecule has 104 valence electrons. The molecule has 0 spiro atoms. The summed E-state index contributed by atoms with van der Waals surface area (Å²) >= 11 is 0. The number of fused-ring (bicyclic) bond motifs is 1. The highest BCUT2D eigenvalue weighted by molar-refractivity contribution is 5.93. The maximum absolute atomic E-state index is 11.4. The smallest absolute Gasteiger partial charge is 0.338 e. The molecule has 1 aromatic carbocycles. The molecule has 1 aliphatic rings. The van der Waals surface area contributed by atoms with E-state index in [1.165, 1.54) is 0 Å². The molecule has 0 saturated heterocycles. The number of hydrogen-bond acceptors (Lipinski definition) is 5. The van der Waals surface area contributed by atoms with Crippen molar-refractivity contribution in [1.82, 2.24) is 5.32 Å². The first-order chi connectivity index (χ1) is 9.00. The third-order valence-corrected chi connectivity index (χ3v) is 3.34. The number of rotatable bonds is 5. The molecule has 0 aromatic heterocycles. The summed E-state index contributed by atoms with van der Waals surface area (Å²) in [7, 11) is 0. The van der Waals surface area contributed by atoms with E-state index in [0.29, 0.717) is 18.7 Å². The van der Waals surface area contributed by atoms with E-state index in [-0.39, 0.29) is 12.6 Å². The van der Waals surface area contributed by atoms with E-state index in [2.05, 4.69) is 5.32 Å². The molecule has 0 amide bonds. The largest absolute Gasteiger partial charge is 0.457 e. The summed E-state index contributed by atoms with van der Waals surface area (Å²) in [6, 6.07) is 3.46. The number of cyclic esters (lactones) is 1. The molecule has 0 bridgehead atoms. The Bertz CT molecular complexity index is 485. The van der Waals surface area contributed by atoms with Crippen LogP contribution in [0.5, 0.6) is 0 Å². The predicted molar refractivity (Wildman–Crippen MR) is 69.8 cm³/mol. The lowest BCUT2D eigenvalue weighted by atomic mass is 9.95. The van der Waals surface area contributed by atoms with Crippen LogP contribution in [0.25, 0.3) is 0 Å². The summed E-state index contributed by atoms with van der Waals surface area (Å²) in [6.07, 6.45) is -1.11. The zero-order valence-electron chi connectivity index (χ0n) is 11.1. The lowest BCUT2D eigenvalue weighted by Gasteiger charge is -2.16. The summed E-state index contributed by atoms with van der Waals surface area (Å²) in [5, 5.41) is 22.3. The van der Waals surface area contributed by atoms with Crippen LogP contribution in [0.4, 0.5) is 0 Å².